The van der Waals surface area contributed by atoms with Crippen LogP contribution in [-0.2, 0) is 15.6 Å². The van der Waals surface area contributed by atoms with Gasteiger partial charge in [-0.3, -0.25) is 9.00 Å². The number of carboxylic acid groups (broad SMARTS) is 1. The number of hydrogen-bond acceptors (Lipinski definition) is 2. The maximum Gasteiger partial charge on any atom is 0.318 e. The Balaban J connectivity index is 2.67. The summed E-state index contributed by atoms with van der Waals surface area (Å²) in [5.74, 6) is -0.477. The Morgan fingerprint density at radius 2 is 2.07 bits per heavy atom. The van der Waals surface area contributed by atoms with Crippen molar-refractivity contribution in [2.75, 3.05) is 0 Å². The van der Waals surface area contributed by atoms with Crippen LogP contribution in [0.1, 0.15) is 46.0 Å². The molecule has 0 saturated heterocycles. The molecule has 0 aliphatic heterocycles. The van der Waals surface area contributed by atoms with Gasteiger partial charge in [0.15, 0.2) is 0 Å². The Kier molecular flexibility index (Phi) is 4.77. The minimum absolute atomic E-state index is 0.106. The van der Waals surface area contributed by atoms with E-state index in [0.29, 0.717) is 5.92 Å². The maximum atomic E-state index is 12.0. The summed E-state index contributed by atoms with van der Waals surface area (Å²) in [7, 11) is -1.21. The maximum absolute atomic E-state index is 12.0. The fourth-order valence-corrected chi connectivity index (χ4v) is 4.14. The molecule has 1 fully saturated rings. The second-order valence-corrected chi connectivity index (χ2v) is 6.27. The van der Waals surface area contributed by atoms with E-state index in [9.17, 15) is 9.00 Å². The molecular formula is C11H20O3S. The van der Waals surface area contributed by atoms with Crippen LogP contribution in [0.4, 0.5) is 0 Å². The summed E-state index contributed by atoms with van der Waals surface area (Å²) in [6.07, 6.45) is 5.36. The summed E-state index contributed by atoms with van der Waals surface area (Å²) in [6, 6.07) is 0. The van der Waals surface area contributed by atoms with Crippen molar-refractivity contribution in [1.29, 1.82) is 0 Å². The number of carboxylic acids is 1. The molecule has 1 saturated carbocycles. The first kappa shape index (κ1) is 12.7. The van der Waals surface area contributed by atoms with Crippen molar-refractivity contribution in [3.05, 3.63) is 0 Å². The third kappa shape index (κ3) is 3.03. The molecule has 0 bridgehead atoms. The Morgan fingerprint density at radius 1 is 1.47 bits per heavy atom. The van der Waals surface area contributed by atoms with Gasteiger partial charge in [-0.2, -0.15) is 0 Å². The van der Waals surface area contributed by atoms with Crippen molar-refractivity contribution in [2.24, 2.45) is 5.92 Å². The van der Waals surface area contributed by atoms with Crippen LogP contribution in [-0.4, -0.2) is 25.8 Å². The molecule has 0 aromatic heterocycles. The number of carbonyl (C=O) groups is 1. The van der Waals surface area contributed by atoms with Crippen LogP contribution in [0.5, 0.6) is 0 Å². The smallest absolute Gasteiger partial charge is 0.318 e. The van der Waals surface area contributed by atoms with Gasteiger partial charge in [0.25, 0.3) is 0 Å². The van der Waals surface area contributed by atoms with E-state index in [2.05, 4.69) is 6.92 Å². The molecule has 1 aliphatic rings. The second kappa shape index (κ2) is 5.64. The van der Waals surface area contributed by atoms with Crippen molar-refractivity contribution in [3.8, 4) is 0 Å². The minimum atomic E-state index is -1.21. The van der Waals surface area contributed by atoms with Gasteiger partial charge >= 0.3 is 5.97 Å². The van der Waals surface area contributed by atoms with Crippen LogP contribution in [0.15, 0.2) is 0 Å². The number of rotatable bonds is 4. The Hall–Kier alpha value is -0.380. The van der Waals surface area contributed by atoms with E-state index in [-0.39, 0.29) is 5.25 Å². The highest BCUT2D eigenvalue weighted by atomic mass is 32.2. The molecule has 4 atom stereocenters. The first-order valence-corrected chi connectivity index (χ1v) is 6.97. The average Bonchev–Trinajstić information content (AvgIpc) is 2.26. The molecule has 4 heteroatoms. The summed E-state index contributed by atoms with van der Waals surface area (Å²) in [5.41, 5.74) is 0. The molecule has 0 aromatic rings. The Bertz CT molecular complexity index is 252. The normalized spacial score (nSPS) is 30.8. The highest BCUT2D eigenvalue weighted by molar-refractivity contribution is 7.87. The van der Waals surface area contributed by atoms with Crippen molar-refractivity contribution in [3.63, 3.8) is 0 Å². The SMILES string of the molecule is CCC1CCCCC1S(=O)C(C)C(=O)O. The van der Waals surface area contributed by atoms with E-state index >= 15 is 0 Å². The van der Waals surface area contributed by atoms with Gasteiger partial charge in [0.1, 0.15) is 5.25 Å². The van der Waals surface area contributed by atoms with Gasteiger partial charge in [0, 0.05) is 16.0 Å². The lowest BCUT2D eigenvalue weighted by atomic mass is 9.87. The highest BCUT2D eigenvalue weighted by Gasteiger charge is 2.33. The molecule has 0 heterocycles. The van der Waals surface area contributed by atoms with E-state index in [0.717, 1.165) is 25.7 Å². The van der Waals surface area contributed by atoms with Gasteiger partial charge in [0.2, 0.25) is 0 Å². The summed E-state index contributed by atoms with van der Waals surface area (Å²) >= 11 is 0. The summed E-state index contributed by atoms with van der Waals surface area (Å²) in [6.45, 7) is 3.66. The van der Waals surface area contributed by atoms with Gasteiger partial charge < -0.3 is 5.11 Å². The van der Waals surface area contributed by atoms with E-state index in [1.54, 1.807) is 6.92 Å². The zero-order valence-electron chi connectivity index (χ0n) is 9.44. The van der Waals surface area contributed by atoms with E-state index < -0.39 is 22.0 Å². The Labute approximate surface area is 93.7 Å². The van der Waals surface area contributed by atoms with Crippen molar-refractivity contribution in [1.82, 2.24) is 0 Å². The Morgan fingerprint density at radius 3 is 2.60 bits per heavy atom. The molecule has 15 heavy (non-hydrogen) atoms. The van der Waals surface area contributed by atoms with Crippen molar-refractivity contribution in [2.45, 2.75) is 56.5 Å². The summed E-state index contributed by atoms with van der Waals surface area (Å²) in [4.78, 5) is 10.8. The van der Waals surface area contributed by atoms with Gasteiger partial charge in [-0.15, -0.1) is 0 Å². The van der Waals surface area contributed by atoms with Crippen LogP contribution < -0.4 is 0 Å². The van der Waals surface area contributed by atoms with Crippen LogP contribution in [0.3, 0.4) is 0 Å². The molecule has 0 aromatic carbocycles. The van der Waals surface area contributed by atoms with E-state index in [4.69, 9.17) is 5.11 Å². The quantitative estimate of drug-likeness (QED) is 0.808. The molecule has 1 rings (SSSR count). The largest absolute Gasteiger partial charge is 0.480 e. The predicted molar refractivity (Wildman–Crippen MR) is 61.3 cm³/mol. The molecule has 0 amide bonds. The van der Waals surface area contributed by atoms with E-state index in [1.807, 2.05) is 0 Å². The molecule has 1 N–H and O–H groups in total. The standard InChI is InChI=1S/C11H20O3S/c1-3-9-6-4-5-7-10(9)15(14)8(2)11(12)13/h8-10H,3-7H2,1-2H3,(H,12,13). The fourth-order valence-electron chi connectivity index (χ4n) is 2.31. The van der Waals surface area contributed by atoms with Crippen molar-refractivity contribution < 1.29 is 14.1 Å². The molecule has 0 spiro atoms. The van der Waals surface area contributed by atoms with Gasteiger partial charge in [-0.25, -0.2) is 0 Å². The molecule has 0 radical (unpaired) electrons. The average molecular weight is 232 g/mol. The number of hydrogen-bond donors (Lipinski definition) is 1. The lowest BCUT2D eigenvalue weighted by Gasteiger charge is -2.31. The topological polar surface area (TPSA) is 54.4 Å². The second-order valence-electron chi connectivity index (χ2n) is 4.30. The summed E-state index contributed by atoms with van der Waals surface area (Å²) < 4.78 is 12.0. The van der Waals surface area contributed by atoms with Crippen LogP contribution in [0.25, 0.3) is 0 Å². The van der Waals surface area contributed by atoms with Crippen LogP contribution in [0.2, 0.25) is 0 Å². The van der Waals surface area contributed by atoms with E-state index in [1.165, 1.54) is 6.42 Å². The first-order chi connectivity index (χ1) is 7.07. The van der Waals surface area contributed by atoms with Crippen molar-refractivity contribution >= 4 is 16.8 Å². The predicted octanol–water partition coefficient (Wildman–Crippen LogP) is 2.18. The number of aliphatic carboxylic acids is 1. The zero-order chi connectivity index (χ0) is 11.4. The molecular weight excluding hydrogens is 212 g/mol. The third-order valence-corrected chi connectivity index (χ3v) is 5.47. The third-order valence-electron chi connectivity index (χ3n) is 3.36. The van der Waals surface area contributed by atoms with Gasteiger partial charge in [-0.1, -0.05) is 26.2 Å². The highest BCUT2D eigenvalue weighted by Crippen LogP contribution is 2.31. The first-order valence-electron chi connectivity index (χ1n) is 5.70. The van der Waals surface area contributed by atoms with Gasteiger partial charge in [-0.05, 0) is 25.7 Å². The minimum Gasteiger partial charge on any atom is -0.480 e. The molecule has 88 valence electrons. The van der Waals surface area contributed by atoms with Gasteiger partial charge in [0.05, 0.1) is 0 Å². The molecule has 4 unspecified atom stereocenters. The lowest BCUT2D eigenvalue weighted by Crippen LogP contribution is -2.36. The van der Waals surface area contributed by atoms with Crippen LogP contribution >= 0.6 is 0 Å². The monoisotopic (exact) mass is 232 g/mol. The molecule has 3 nitrogen and oxygen atoms in total. The fraction of sp³-hybridized carbons (Fsp3) is 0.909. The van der Waals surface area contributed by atoms with Crippen LogP contribution in [0, 0.1) is 5.92 Å². The summed E-state index contributed by atoms with van der Waals surface area (Å²) in [5, 5.41) is 8.24. The zero-order valence-corrected chi connectivity index (χ0v) is 10.3. The lowest BCUT2D eigenvalue weighted by molar-refractivity contribution is -0.136. The molecule has 1 aliphatic carbocycles.